The van der Waals surface area contributed by atoms with E-state index >= 15 is 0 Å². The number of esters is 1. The van der Waals surface area contributed by atoms with Crippen LogP contribution in [0, 0.1) is 30.9 Å². The first-order valence-electron chi connectivity index (χ1n) is 20.2. The Hall–Kier alpha value is -5.61. The molecule has 15 nitrogen and oxygen atoms in total. The summed E-state index contributed by atoms with van der Waals surface area (Å²) in [6.45, 7) is 8.17. The zero-order valence-electron chi connectivity index (χ0n) is 34.1. The molecule has 1 saturated carbocycles. The average molecular weight is 824 g/mol. The number of ether oxygens (including phenoxy) is 1. The number of fused-ring (bicyclic) bond motifs is 3. The maximum Gasteiger partial charge on any atom is 0.329 e. The van der Waals surface area contributed by atoms with E-state index in [-0.39, 0.29) is 42.0 Å². The molecule has 0 radical (unpaired) electrons. The topological polar surface area (TPSA) is 201 Å². The lowest BCUT2D eigenvalue weighted by atomic mass is 9.99. The van der Waals surface area contributed by atoms with Gasteiger partial charge in [-0.05, 0) is 114 Å². The van der Waals surface area contributed by atoms with E-state index in [4.69, 9.17) is 10.5 Å². The Morgan fingerprint density at radius 3 is 2.10 bits per heavy atom. The molecule has 2 aromatic carbocycles. The largest absolute Gasteiger partial charge is 0.461 e. The number of primary amides is 1. The first-order valence-corrected chi connectivity index (χ1v) is 20.2. The minimum Gasteiger partial charge on any atom is -0.461 e. The standard InChI is InChI=1S/C25H36N4O6.C10H13N3O2.C7H6F2/c1-15-12-20(30)27-11-5-7-18(27)23(33)28-10-4-3-6-17(28)21(31)26-16(2)22(32)29-14-25(8-9-25)13-19(29)24(34)35-15;1-7-2-4-8(5-3-7)13-10(15)12-6-9(11)14;1-5-2-6(8)4-7(9)3-5/h15-19H,3-14H2,1-2H3,(H,26,31);2-5H,6H2,1H3,(H2,11,14)(H2,12,13,15);2-4H,1H3. The number of nitrogens with zero attached hydrogens (tertiary/aromatic N) is 3. The van der Waals surface area contributed by atoms with Gasteiger partial charge in [0.2, 0.25) is 29.5 Å². The Labute approximate surface area is 342 Å². The SMILES string of the molecule is CC1CC(=O)N2CCCC2C(=O)N2CCCCC2C(=O)NC(C)C(=O)N2CC3(CC3)CC2C(=O)O1.Cc1cc(F)cc(F)c1.Cc1ccc(NC(=O)NCC(N)=O)cc1. The average Bonchev–Trinajstić information content (AvgIpc) is 3.56. The van der Waals surface area contributed by atoms with Gasteiger partial charge in [-0.1, -0.05) is 17.7 Å². The van der Waals surface area contributed by atoms with Crippen LogP contribution in [0.15, 0.2) is 42.5 Å². The quantitative estimate of drug-likeness (QED) is 0.338. The van der Waals surface area contributed by atoms with Crippen molar-refractivity contribution in [2.75, 3.05) is 31.5 Å². The van der Waals surface area contributed by atoms with Gasteiger partial charge in [0.1, 0.15) is 41.9 Å². The summed E-state index contributed by atoms with van der Waals surface area (Å²) in [4.78, 5) is 92.8. The van der Waals surface area contributed by atoms with E-state index < -0.39 is 59.8 Å². The lowest BCUT2D eigenvalue weighted by Crippen LogP contribution is -2.59. The molecular formula is C42H55F2N7O8. The van der Waals surface area contributed by atoms with Gasteiger partial charge in [0.25, 0.3) is 0 Å². The molecule has 17 heteroatoms. The molecule has 5 atom stereocenters. The molecule has 7 amide bonds. The van der Waals surface area contributed by atoms with Crippen molar-refractivity contribution in [2.24, 2.45) is 11.1 Å². The molecule has 1 aliphatic carbocycles. The van der Waals surface area contributed by atoms with E-state index in [2.05, 4.69) is 16.0 Å². The second kappa shape index (κ2) is 19.4. The zero-order chi connectivity index (χ0) is 43.0. The number of cyclic esters (lactones) is 1. The van der Waals surface area contributed by atoms with Gasteiger partial charge in [-0.15, -0.1) is 0 Å². The summed E-state index contributed by atoms with van der Waals surface area (Å²) < 4.78 is 30.0. The summed E-state index contributed by atoms with van der Waals surface area (Å²) in [6, 6.07) is 7.49. The number of nitrogens with one attached hydrogen (secondary N) is 3. The lowest BCUT2D eigenvalue weighted by Gasteiger charge is -2.38. The van der Waals surface area contributed by atoms with Crippen molar-refractivity contribution in [3.63, 3.8) is 0 Å². The molecule has 5 unspecified atom stereocenters. The number of carbonyl (C=O) groups excluding carboxylic acids is 7. The van der Waals surface area contributed by atoms with Crippen molar-refractivity contribution in [1.29, 1.82) is 0 Å². The Balaban J connectivity index is 0.000000225. The summed E-state index contributed by atoms with van der Waals surface area (Å²) in [6.07, 6.45) is 5.22. The Morgan fingerprint density at radius 1 is 0.831 bits per heavy atom. The summed E-state index contributed by atoms with van der Waals surface area (Å²) in [7, 11) is 0. The molecule has 4 heterocycles. The second-order valence-corrected chi connectivity index (χ2v) is 16.2. The van der Waals surface area contributed by atoms with Crippen LogP contribution in [0.5, 0.6) is 0 Å². The van der Waals surface area contributed by atoms with Gasteiger partial charge in [-0.3, -0.25) is 24.0 Å². The summed E-state index contributed by atoms with van der Waals surface area (Å²) in [5, 5.41) is 7.71. The van der Waals surface area contributed by atoms with Crippen LogP contribution >= 0.6 is 0 Å². The van der Waals surface area contributed by atoms with Crippen molar-refractivity contribution in [1.82, 2.24) is 25.3 Å². The predicted molar refractivity (Wildman–Crippen MR) is 212 cm³/mol. The fourth-order valence-corrected chi connectivity index (χ4v) is 7.99. The number of amides is 7. The minimum atomic E-state index is -0.819. The third-order valence-electron chi connectivity index (χ3n) is 11.2. The molecule has 0 bridgehead atoms. The Morgan fingerprint density at radius 2 is 1.47 bits per heavy atom. The molecular weight excluding hydrogens is 768 g/mol. The first kappa shape index (κ1) is 44.5. The van der Waals surface area contributed by atoms with Gasteiger partial charge in [-0.25, -0.2) is 18.4 Å². The third-order valence-corrected chi connectivity index (χ3v) is 11.2. The van der Waals surface area contributed by atoms with Crippen LogP contribution in [0.1, 0.15) is 82.8 Å². The highest BCUT2D eigenvalue weighted by Gasteiger charge is 2.56. The van der Waals surface area contributed by atoms with Gasteiger partial charge >= 0.3 is 12.0 Å². The molecule has 320 valence electrons. The highest BCUT2D eigenvalue weighted by Crippen LogP contribution is 2.55. The summed E-state index contributed by atoms with van der Waals surface area (Å²) >= 11 is 0. The number of anilines is 1. The molecule has 4 saturated heterocycles. The van der Waals surface area contributed by atoms with Crippen molar-refractivity contribution < 1.29 is 47.1 Å². The fraction of sp³-hybridized carbons (Fsp3) is 0.548. The number of piperidine rings is 1. The Kier molecular flexibility index (Phi) is 14.7. The summed E-state index contributed by atoms with van der Waals surface area (Å²) in [5.41, 5.74) is 7.21. The van der Waals surface area contributed by atoms with Gasteiger partial charge in [0.05, 0.1) is 13.0 Å². The number of hydrogen-bond acceptors (Lipinski definition) is 8. The number of rotatable bonds is 3. The number of hydrogen-bond donors (Lipinski definition) is 4. The van der Waals surface area contributed by atoms with E-state index in [1.807, 2.05) is 19.1 Å². The van der Waals surface area contributed by atoms with Crippen LogP contribution in [0.4, 0.5) is 19.3 Å². The van der Waals surface area contributed by atoms with E-state index in [1.54, 1.807) is 47.6 Å². The molecule has 59 heavy (non-hydrogen) atoms. The van der Waals surface area contributed by atoms with Crippen LogP contribution in [0.25, 0.3) is 0 Å². The van der Waals surface area contributed by atoms with Crippen LogP contribution in [0.2, 0.25) is 0 Å². The van der Waals surface area contributed by atoms with Crippen molar-refractivity contribution >= 4 is 47.2 Å². The fourth-order valence-electron chi connectivity index (χ4n) is 7.99. The van der Waals surface area contributed by atoms with E-state index in [0.29, 0.717) is 56.6 Å². The van der Waals surface area contributed by atoms with Crippen molar-refractivity contribution in [3.05, 3.63) is 65.2 Å². The number of nitrogens with two attached hydrogens (primary N) is 1. The normalized spacial score (nSPS) is 25.2. The van der Waals surface area contributed by atoms with E-state index in [0.717, 1.165) is 37.3 Å². The van der Waals surface area contributed by atoms with Crippen LogP contribution in [-0.2, 0) is 33.5 Å². The first-order chi connectivity index (χ1) is 27.9. The number of carbonyl (C=O) groups is 7. The van der Waals surface area contributed by atoms with E-state index in [9.17, 15) is 42.3 Å². The van der Waals surface area contributed by atoms with Crippen molar-refractivity contribution in [3.8, 4) is 0 Å². The highest BCUT2D eigenvalue weighted by molar-refractivity contribution is 5.96. The highest BCUT2D eigenvalue weighted by atomic mass is 19.1. The number of aryl methyl sites for hydroxylation is 2. The lowest BCUT2D eigenvalue weighted by molar-refractivity contribution is -0.160. The maximum atomic E-state index is 13.5. The number of urea groups is 1. The molecule has 1 spiro atoms. The number of benzene rings is 2. The molecule has 5 N–H and O–H groups in total. The van der Waals surface area contributed by atoms with Crippen LogP contribution in [-0.4, -0.2) is 113 Å². The third kappa shape index (κ3) is 12.0. The zero-order valence-corrected chi connectivity index (χ0v) is 34.1. The predicted octanol–water partition coefficient (Wildman–Crippen LogP) is 3.45. The van der Waals surface area contributed by atoms with Gasteiger partial charge in [0, 0.05) is 31.4 Å². The maximum absolute atomic E-state index is 13.5. The molecule has 5 aliphatic rings. The molecule has 7 rings (SSSR count). The van der Waals surface area contributed by atoms with Crippen LogP contribution < -0.4 is 21.7 Å². The molecule has 5 fully saturated rings. The molecule has 2 aromatic rings. The summed E-state index contributed by atoms with van der Waals surface area (Å²) in [5.74, 6) is -3.21. The van der Waals surface area contributed by atoms with Gasteiger partial charge in [0.15, 0.2) is 0 Å². The molecule has 0 aromatic heterocycles. The van der Waals surface area contributed by atoms with Crippen molar-refractivity contribution in [2.45, 2.75) is 116 Å². The second-order valence-electron chi connectivity index (χ2n) is 16.2. The monoisotopic (exact) mass is 823 g/mol. The van der Waals surface area contributed by atoms with Crippen LogP contribution in [0.3, 0.4) is 0 Å². The number of halogens is 2. The molecule has 4 aliphatic heterocycles. The minimum absolute atomic E-state index is 0.0123. The van der Waals surface area contributed by atoms with E-state index in [1.165, 1.54) is 12.1 Å². The van der Waals surface area contributed by atoms with Gasteiger partial charge < -0.3 is 41.1 Å². The Bertz CT molecular complexity index is 1860. The smallest absolute Gasteiger partial charge is 0.329 e. The van der Waals surface area contributed by atoms with Gasteiger partial charge in [-0.2, -0.15) is 0 Å².